The van der Waals surface area contributed by atoms with Crippen LogP contribution in [0.2, 0.25) is 0 Å². The molecule has 0 radical (unpaired) electrons. The lowest BCUT2D eigenvalue weighted by Crippen LogP contribution is -1.85. The lowest BCUT2D eigenvalue weighted by Gasteiger charge is -2.13. The van der Waals surface area contributed by atoms with E-state index in [9.17, 15) is 0 Å². The Morgan fingerprint density at radius 2 is 1.00 bits per heavy atom. The van der Waals surface area contributed by atoms with Crippen LogP contribution in [-0.4, -0.2) is 0 Å². The van der Waals surface area contributed by atoms with Crippen LogP contribution in [0.15, 0.2) is 48.5 Å². The van der Waals surface area contributed by atoms with Gasteiger partial charge in [-0.25, -0.2) is 0 Å². The fraction of sp³-hybridized carbons (Fsp3) is 0. The lowest BCUT2D eigenvalue weighted by molar-refractivity contribution is 1.79. The third-order valence-corrected chi connectivity index (χ3v) is 3.17. The van der Waals surface area contributed by atoms with Gasteiger partial charge in [0.05, 0.1) is 0 Å². The van der Waals surface area contributed by atoms with E-state index in [2.05, 4.69) is 48.5 Å². The van der Waals surface area contributed by atoms with Gasteiger partial charge in [-0.3, -0.25) is 0 Å². The minimum atomic E-state index is 1.39. The first kappa shape index (κ1) is 6.61. The van der Waals surface area contributed by atoms with Crippen molar-refractivity contribution in [3.8, 4) is 0 Å². The van der Waals surface area contributed by atoms with Crippen LogP contribution < -0.4 is 0 Å². The molecule has 14 heavy (non-hydrogen) atoms. The summed E-state index contributed by atoms with van der Waals surface area (Å²) in [5, 5.41) is 8.43. The Morgan fingerprint density at radius 3 is 1.43 bits per heavy atom. The van der Waals surface area contributed by atoms with Gasteiger partial charge >= 0.3 is 0 Å². The highest BCUT2D eigenvalue weighted by molar-refractivity contribution is 6.27. The summed E-state index contributed by atoms with van der Waals surface area (Å²) < 4.78 is 0. The van der Waals surface area contributed by atoms with Crippen molar-refractivity contribution < 1.29 is 0 Å². The summed E-state index contributed by atoms with van der Waals surface area (Å²) >= 11 is 0. The van der Waals surface area contributed by atoms with Crippen LogP contribution in [0.4, 0.5) is 0 Å². The van der Waals surface area contributed by atoms with Gasteiger partial charge in [0.15, 0.2) is 0 Å². The van der Waals surface area contributed by atoms with E-state index in [1.807, 2.05) is 0 Å². The summed E-state index contributed by atoms with van der Waals surface area (Å²) in [6.07, 6.45) is 0. The predicted molar refractivity (Wildman–Crippen MR) is 61.3 cm³/mol. The monoisotopic (exact) mass is 176 g/mol. The van der Waals surface area contributed by atoms with Crippen LogP contribution in [0.1, 0.15) is 0 Å². The van der Waals surface area contributed by atoms with Crippen molar-refractivity contribution in [3.05, 3.63) is 48.5 Å². The number of fused-ring (bicyclic) bond motifs is 5. The molecule has 0 spiro atoms. The Labute approximate surface area is 81.4 Å². The van der Waals surface area contributed by atoms with Gasteiger partial charge in [-0.05, 0) is 44.5 Å². The number of hydrogen-bond acceptors (Lipinski definition) is 0. The summed E-state index contributed by atoms with van der Waals surface area (Å²) in [4.78, 5) is 0. The first-order chi connectivity index (χ1) is 6.93. The van der Waals surface area contributed by atoms with Gasteiger partial charge in [0, 0.05) is 0 Å². The third-order valence-electron chi connectivity index (χ3n) is 3.17. The van der Waals surface area contributed by atoms with Gasteiger partial charge in [0.25, 0.3) is 0 Å². The van der Waals surface area contributed by atoms with Crippen molar-refractivity contribution in [3.63, 3.8) is 0 Å². The number of hydrogen-bond donors (Lipinski definition) is 0. The zero-order valence-corrected chi connectivity index (χ0v) is 7.62. The van der Waals surface area contributed by atoms with E-state index in [-0.39, 0.29) is 0 Å². The van der Waals surface area contributed by atoms with E-state index in [4.69, 9.17) is 0 Å². The molecule has 0 fully saturated rings. The molecule has 0 N–H and O–H groups in total. The molecule has 0 aliphatic rings. The van der Waals surface area contributed by atoms with E-state index in [1.165, 1.54) is 32.3 Å². The van der Waals surface area contributed by atoms with Crippen molar-refractivity contribution in [2.45, 2.75) is 0 Å². The van der Waals surface area contributed by atoms with Crippen LogP contribution in [0.3, 0.4) is 0 Å². The van der Waals surface area contributed by atoms with Crippen LogP contribution in [0, 0.1) is 0 Å². The second-order valence-corrected chi connectivity index (χ2v) is 3.91. The molecule has 0 amide bonds. The van der Waals surface area contributed by atoms with Crippen molar-refractivity contribution >= 4 is 32.3 Å². The average molecular weight is 176 g/mol. The SMILES string of the molecule is c1ccc2c(c1)c1cc3ccc3cc21. The van der Waals surface area contributed by atoms with E-state index < -0.39 is 0 Å². The Balaban J connectivity index is 2.30. The maximum Gasteiger partial charge on any atom is -0.00926 e. The van der Waals surface area contributed by atoms with Gasteiger partial charge < -0.3 is 0 Å². The highest BCUT2D eigenvalue weighted by Gasteiger charge is 2.10. The Kier molecular flexibility index (Phi) is 0.935. The van der Waals surface area contributed by atoms with Crippen molar-refractivity contribution in [2.75, 3.05) is 0 Å². The van der Waals surface area contributed by atoms with Crippen molar-refractivity contribution in [2.24, 2.45) is 0 Å². The van der Waals surface area contributed by atoms with Crippen molar-refractivity contribution in [1.29, 1.82) is 0 Å². The van der Waals surface area contributed by atoms with E-state index in [0.717, 1.165) is 0 Å². The Hall–Kier alpha value is -1.82. The van der Waals surface area contributed by atoms with Gasteiger partial charge in [-0.2, -0.15) is 0 Å². The normalized spacial score (nSPS) is 12.3. The standard InChI is InChI=1S/C14H8/c1-2-4-12-11(3-1)13-7-9-5-6-10(9)8-14(12)13/h1-8H. The first-order valence-electron chi connectivity index (χ1n) is 4.89. The Bertz CT molecular complexity index is 658. The Morgan fingerprint density at radius 1 is 0.500 bits per heavy atom. The molecule has 0 bridgehead atoms. The molecule has 64 valence electrons. The van der Waals surface area contributed by atoms with Gasteiger partial charge in [-0.15, -0.1) is 0 Å². The minimum absolute atomic E-state index is 1.39. The zero-order valence-electron chi connectivity index (χ0n) is 7.62. The quantitative estimate of drug-likeness (QED) is 0.379. The minimum Gasteiger partial charge on any atom is -0.0616 e. The molecule has 0 aromatic heterocycles. The molecule has 4 aromatic rings. The average Bonchev–Trinajstić information content (AvgIpc) is 2.17. The molecule has 0 saturated heterocycles. The molecule has 0 atom stereocenters. The van der Waals surface area contributed by atoms with Crippen LogP contribution in [0.5, 0.6) is 0 Å². The van der Waals surface area contributed by atoms with Crippen LogP contribution >= 0.6 is 0 Å². The lowest BCUT2D eigenvalue weighted by atomic mass is 9.90. The van der Waals surface area contributed by atoms with Gasteiger partial charge in [-0.1, -0.05) is 36.4 Å². The molecular weight excluding hydrogens is 168 g/mol. The van der Waals surface area contributed by atoms with Gasteiger partial charge in [0.1, 0.15) is 0 Å². The van der Waals surface area contributed by atoms with Crippen LogP contribution in [-0.2, 0) is 0 Å². The highest BCUT2D eigenvalue weighted by atomic mass is 14.1. The summed E-state index contributed by atoms with van der Waals surface area (Å²) in [6.45, 7) is 0. The molecule has 4 rings (SSSR count). The first-order valence-corrected chi connectivity index (χ1v) is 4.89. The van der Waals surface area contributed by atoms with E-state index in [1.54, 1.807) is 0 Å². The molecule has 0 heteroatoms. The predicted octanol–water partition coefficient (Wildman–Crippen LogP) is 4.02. The topological polar surface area (TPSA) is 0 Å². The molecule has 0 aliphatic heterocycles. The fourth-order valence-corrected chi connectivity index (χ4v) is 2.34. The van der Waals surface area contributed by atoms with Gasteiger partial charge in [0.2, 0.25) is 0 Å². The number of rotatable bonds is 0. The maximum absolute atomic E-state index is 2.30. The third kappa shape index (κ3) is 0.589. The van der Waals surface area contributed by atoms with Crippen molar-refractivity contribution in [1.82, 2.24) is 0 Å². The molecule has 0 nitrogen and oxygen atoms in total. The molecule has 4 aromatic carbocycles. The second kappa shape index (κ2) is 1.98. The van der Waals surface area contributed by atoms with E-state index in [0.29, 0.717) is 0 Å². The molecule has 0 saturated carbocycles. The molecular formula is C14H8. The van der Waals surface area contributed by atoms with Crippen LogP contribution in [0.25, 0.3) is 32.3 Å². The highest BCUT2D eigenvalue weighted by Crippen LogP contribution is 2.38. The number of benzene rings is 2. The summed E-state index contributed by atoms with van der Waals surface area (Å²) in [7, 11) is 0. The summed E-state index contributed by atoms with van der Waals surface area (Å²) in [5.41, 5.74) is 0. The molecule has 0 aliphatic carbocycles. The molecule has 0 unspecified atom stereocenters. The zero-order chi connectivity index (χ0) is 9.12. The smallest absolute Gasteiger partial charge is 0.00926 e. The maximum atomic E-state index is 2.30. The second-order valence-electron chi connectivity index (χ2n) is 3.91. The summed E-state index contributed by atoms with van der Waals surface area (Å²) in [5.74, 6) is 0. The van der Waals surface area contributed by atoms with E-state index >= 15 is 0 Å². The largest absolute Gasteiger partial charge is 0.0616 e. The molecule has 0 heterocycles. The summed E-state index contributed by atoms with van der Waals surface area (Å²) in [6, 6.07) is 17.6. The fourth-order valence-electron chi connectivity index (χ4n) is 2.34.